The number of para-hydroxylation sites is 1. The summed E-state index contributed by atoms with van der Waals surface area (Å²) >= 11 is 1.46. The standard InChI is InChI=1S/C18H19N3O2S/c1-18(23,15-8-4-10-24-15)12-21-17(22)20-11-14-6-2-5-13-7-3-9-19-16(13)14/h2-10,23H,11-12H2,1H3,(H2,20,21,22). The van der Waals surface area contributed by atoms with Gasteiger partial charge in [0.1, 0.15) is 5.60 Å². The van der Waals surface area contributed by atoms with Gasteiger partial charge in [0.05, 0.1) is 12.1 Å². The van der Waals surface area contributed by atoms with Crippen LogP contribution in [0.3, 0.4) is 0 Å². The number of urea groups is 1. The molecular formula is C18H19N3O2S. The van der Waals surface area contributed by atoms with Crippen molar-refractivity contribution < 1.29 is 9.90 Å². The van der Waals surface area contributed by atoms with Crippen LogP contribution in [0.5, 0.6) is 0 Å². The minimum absolute atomic E-state index is 0.146. The number of hydrogen-bond donors (Lipinski definition) is 3. The molecule has 1 unspecified atom stereocenters. The number of thiophene rings is 1. The predicted octanol–water partition coefficient (Wildman–Crippen LogP) is 3.00. The monoisotopic (exact) mass is 341 g/mol. The second-order valence-corrected chi connectivity index (χ2v) is 6.73. The average molecular weight is 341 g/mol. The molecule has 0 spiro atoms. The Morgan fingerprint density at radius 1 is 1.21 bits per heavy atom. The highest BCUT2D eigenvalue weighted by Gasteiger charge is 2.24. The molecule has 124 valence electrons. The largest absolute Gasteiger partial charge is 0.383 e. The van der Waals surface area contributed by atoms with E-state index in [1.54, 1.807) is 13.1 Å². The van der Waals surface area contributed by atoms with Crippen LogP contribution in [0.4, 0.5) is 4.79 Å². The van der Waals surface area contributed by atoms with Crippen molar-refractivity contribution in [2.24, 2.45) is 0 Å². The summed E-state index contributed by atoms with van der Waals surface area (Å²) in [7, 11) is 0. The normalized spacial score (nSPS) is 13.4. The Labute approximate surface area is 144 Å². The first kappa shape index (κ1) is 16.4. The van der Waals surface area contributed by atoms with Gasteiger partial charge in [0.2, 0.25) is 0 Å². The van der Waals surface area contributed by atoms with Crippen LogP contribution < -0.4 is 10.6 Å². The quantitative estimate of drug-likeness (QED) is 0.668. The molecule has 2 amide bonds. The summed E-state index contributed by atoms with van der Waals surface area (Å²) in [6.45, 7) is 2.21. The number of nitrogens with zero attached hydrogens (tertiary/aromatic N) is 1. The van der Waals surface area contributed by atoms with E-state index in [1.165, 1.54) is 11.3 Å². The Bertz CT molecular complexity index is 826. The van der Waals surface area contributed by atoms with Crippen LogP contribution in [0.25, 0.3) is 10.9 Å². The molecule has 5 nitrogen and oxygen atoms in total. The minimum atomic E-state index is -1.08. The van der Waals surface area contributed by atoms with Gasteiger partial charge in [-0.15, -0.1) is 11.3 Å². The summed E-state index contributed by atoms with van der Waals surface area (Å²) in [6.07, 6.45) is 1.74. The van der Waals surface area contributed by atoms with Crippen LogP contribution in [0, 0.1) is 0 Å². The summed E-state index contributed by atoms with van der Waals surface area (Å²) < 4.78 is 0. The molecule has 0 aliphatic heterocycles. The van der Waals surface area contributed by atoms with Crippen molar-refractivity contribution in [2.75, 3.05) is 6.54 Å². The van der Waals surface area contributed by atoms with E-state index in [0.29, 0.717) is 6.54 Å². The fourth-order valence-corrected chi connectivity index (χ4v) is 3.26. The van der Waals surface area contributed by atoms with Gasteiger partial charge in [0, 0.05) is 23.0 Å². The zero-order valence-electron chi connectivity index (χ0n) is 13.3. The number of pyridine rings is 1. The lowest BCUT2D eigenvalue weighted by atomic mass is 10.1. The first-order valence-corrected chi connectivity index (χ1v) is 8.55. The molecule has 0 bridgehead atoms. The lowest BCUT2D eigenvalue weighted by Crippen LogP contribution is -2.42. The third kappa shape index (κ3) is 3.72. The number of fused-ring (bicyclic) bond motifs is 1. The first-order valence-electron chi connectivity index (χ1n) is 7.67. The maximum Gasteiger partial charge on any atom is 0.315 e. The molecule has 2 aromatic heterocycles. The van der Waals surface area contributed by atoms with Crippen molar-refractivity contribution in [3.05, 3.63) is 64.5 Å². The maximum atomic E-state index is 12.0. The van der Waals surface area contributed by atoms with Crippen molar-refractivity contribution in [2.45, 2.75) is 19.1 Å². The van der Waals surface area contributed by atoms with E-state index in [9.17, 15) is 9.90 Å². The number of carbonyl (C=O) groups is 1. The Hall–Kier alpha value is -2.44. The molecule has 24 heavy (non-hydrogen) atoms. The summed E-state index contributed by atoms with van der Waals surface area (Å²) in [5.74, 6) is 0. The number of benzene rings is 1. The molecule has 0 fully saturated rings. The molecule has 3 aromatic rings. The van der Waals surface area contributed by atoms with Gasteiger partial charge >= 0.3 is 6.03 Å². The zero-order chi connectivity index (χ0) is 17.0. The highest BCUT2D eigenvalue weighted by Crippen LogP contribution is 2.24. The molecule has 3 N–H and O–H groups in total. The van der Waals surface area contributed by atoms with Crippen LogP contribution in [0.15, 0.2) is 54.0 Å². The Morgan fingerprint density at radius 3 is 2.83 bits per heavy atom. The van der Waals surface area contributed by atoms with Crippen LogP contribution in [-0.4, -0.2) is 22.7 Å². The smallest absolute Gasteiger partial charge is 0.315 e. The third-order valence-electron chi connectivity index (χ3n) is 3.80. The highest BCUT2D eigenvalue weighted by atomic mass is 32.1. The number of amides is 2. The molecule has 0 aliphatic carbocycles. The van der Waals surface area contributed by atoms with Crippen molar-refractivity contribution >= 4 is 28.3 Å². The van der Waals surface area contributed by atoms with Gasteiger partial charge in [0.25, 0.3) is 0 Å². The molecule has 0 aliphatic rings. The fourth-order valence-electron chi connectivity index (χ4n) is 2.47. The van der Waals surface area contributed by atoms with Crippen molar-refractivity contribution in [1.82, 2.24) is 15.6 Å². The number of aliphatic hydroxyl groups is 1. The average Bonchev–Trinajstić information content (AvgIpc) is 3.14. The fraction of sp³-hybridized carbons (Fsp3) is 0.222. The van der Waals surface area contributed by atoms with E-state index >= 15 is 0 Å². The summed E-state index contributed by atoms with van der Waals surface area (Å²) in [5.41, 5.74) is 0.756. The molecule has 0 radical (unpaired) electrons. The van der Waals surface area contributed by atoms with E-state index in [-0.39, 0.29) is 12.6 Å². The lowest BCUT2D eigenvalue weighted by molar-refractivity contribution is 0.0631. The second-order valence-electron chi connectivity index (χ2n) is 5.78. The number of nitrogens with one attached hydrogen (secondary N) is 2. The van der Waals surface area contributed by atoms with Gasteiger partial charge in [0.15, 0.2) is 0 Å². The van der Waals surface area contributed by atoms with Crippen LogP contribution in [-0.2, 0) is 12.1 Å². The van der Waals surface area contributed by atoms with E-state index in [4.69, 9.17) is 0 Å². The van der Waals surface area contributed by atoms with Gasteiger partial charge in [-0.25, -0.2) is 4.79 Å². The van der Waals surface area contributed by atoms with Gasteiger partial charge in [-0.05, 0) is 30.0 Å². The van der Waals surface area contributed by atoms with E-state index < -0.39 is 5.60 Å². The summed E-state index contributed by atoms with van der Waals surface area (Å²) in [5, 5.41) is 18.9. The predicted molar refractivity (Wildman–Crippen MR) is 95.9 cm³/mol. The molecule has 1 aromatic carbocycles. The van der Waals surface area contributed by atoms with Crippen LogP contribution in [0.2, 0.25) is 0 Å². The highest BCUT2D eigenvalue weighted by molar-refractivity contribution is 7.10. The van der Waals surface area contributed by atoms with Crippen LogP contribution in [0.1, 0.15) is 17.4 Å². The van der Waals surface area contributed by atoms with E-state index in [2.05, 4.69) is 15.6 Å². The summed E-state index contributed by atoms with van der Waals surface area (Å²) in [6, 6.07) is 13.2. The lowest BCUT2D eigenvalue weighted by Gasteiger charge is -2.22. The molecule has 2 heterocycles. The van der Waals surface area contributed by atoms with Gasteiger partial charge in [-0.2, -0.15) is 0 Å². The number of hydrogen-bond acceptors (Lipinski definition) is 4. The minimum Gasteiger partial charge on any atom is -0.383 e. The molecule has 1 atom stereocenters. The van der Waals surface area contributed by atoms with Crippen LogP contribution >= 0.6 is 11.3 Å². The molecule has 0 saturated carbocycles. The molecule has 6 heteroatoms. The SMILES string of the molecule is CC(O)(CNC(=O)NCc1cccc2cccnc12)c1cccs1. The molecule has 3 rings (SSSR count). The van der Waals surface area contributed by atoms with Crippen molar-refractivity contribution in [3.8, 4) is 0 Å². The maximum absolute atomic E-state index is 12.0. The summed E-state index contributed by atoms with van der Waals surface area (Å²) in [4.78, 5) is 17.2. The van der Waals surface area contributed by atoms with Crippen molar-refractivity contribution in [3.63, 3.8) is 0 Å². The zero-order valence-corrected chi connectivity index (χ0v) is 14.1. The first-order chi connectivity index (χ1) is 11.6. The third-order valence-corrected chi connectivity index (χ3v) is 4.92. The van der Waals surface area contributed by atoms with Gasteiger partial charge < -0.3 is 15.7 Å². The Balaban J connectivity index is 1.58. The topological polar surface area (TPSA) is 74.2 Å². The Kier molecular flexibility index (Phi) is 4.78. The van der Waals surface area contributed by atoms with E-state index in [1.807, 2.05) is 47.8 Å². The molecule has 0 saturated heterocycles. The number of rotatable bonds is 5. The van der Waals surface area contributed by atoms with Crippen molar-refractivity contribution in [1.29, 1.82) is 0 Å². The van der Waals surface area contributed by atoms with Gasteiger partial charge in [-0.3, -0.25) is 4.98 Å². The second kappa shape index (κ2) is 6.98. The number of carbonyl (C=O) groups excluding carboxylic acids is 1. The Morgan fingerprint density at radius 2 is 2.04 bits per heavy atom. The van der Waals surface area contributed by atoms with E-state index in [0.717, 1.165) is 21.3 Å². The molecular weight excluding hydrogens is 322 g/mol. The van der Waals surface area contributed by atoms with Gasteiger partial charge in [-0.1, -0.05) is 30.3 Å². The number of aromatic nitrogens is 1.